The summed E-state index contributed by atoms with van der Waals surface area (Å²) in [6.45, 7) is 1.51. The van der Waals surface area contributed by atoms with Crippen molar-refractivity contribution in [3.05, 3.63) is 65.2 Å². The van der Waals surface area contributed by atoms with Gasteiger partial charge < -0.3 is 24.5 Å². The van der Waals surface area contributed by atoms with E-state index in [-0.39, 0.29) is 6.42 Å². The first-order valence-corrected chi connectivity index (χ1v) is 10.5. The smallest absolute Gasteiger partial charge is 0.307 e. The molecule has 0 saturated carbocycles. The van der Waals surface area contributed by atoms with Crippen LogP contribution in [0.1, 0.15) is 5.56 Å². The molecule has 0 bridgehead atoms. The van der Waals surface area contributed by atoms with E-state index in [2.05, 4.69) is 14.9 Å². The van der Waals surface area contributed by atoms with Crippen molar-refractivity contribution in [1.82, 2.24) is 9.97 Å². The molecule has 4 aromatic rings. The number of nitrogens with zero attached hydrogens (tertiary/aromatic N) is 2. The third kappa shape index (κ3) is 3.94. The maximum Gasteiger partial charge on any atom is 0.307 e. The molecule has 0 fully saturated rings. The van der Waals surface area contributed by atoms with Crippen molar-refractivity contribution in [1.29, 1.82) is 0 Å². The number of hydrogen-bond donors (Lipinski definition) is 2. The molecule has 0 spiro atoms. The Morgan fingerprint density at radius 1 is 1.22 bits per heavy atom. The zero-order chi connectivity index (χ0) is 22.2. The highest BCUT2D eigenvalue weighted by atomic mass is 35.5. The number of nitrogens with one attached hydrogen (secondary N) is 1. The summed E-state index contributed by atoms with van der Waals surface area (Å²) in [5.41, 5.74) is 5.04. The van der Waals surface area contributed by atoms with E-state index < -0.39 is 5.97 Å². The van der Waals surface area contributed by atoms with Gasteiger partial charge in [0.15, 0.2) is 0 Å². The zero-order valence-corrected chi connectivity index (χ0v) is 18.0. The Labute approximate surface area is 189 Å². The number of aliphatic carboxylic acids is 1. The highest BCUT2D eigenvalue weighted by Gasteiger charge is 2.17. The summed E-state index contributed by atoms with van der Waals surface area (Å²) in [5, 5.41) is 9.48. The fraction of sp³-hybridized carbons (Fsp3) is 0.167. The first kappa shape index (κ1) is 20.2. The summed E-state index contributed by atoms with van der Waals surface area (Å²) in [5.74, 6) is 0.520. The SMILES string of the molecule is CN1CCOc2cc(-c3cc4nc(Oc5ccc(CC(=O)O)cc5)[nH]c4cc3Cl)ccc21. The van der Waals surface area contributed by atoms with Crippen molar-refractivity contribution in [2.75, 3.05) is 25.1 Å². The normalized spacial score (nSPS) is 13.0. The first-order valence-electron chi connectivity index (χ1n) is 10.1. The van der Waals surface area contributed by atoms with Gasteiger partial charge >= 0.3 is 5.97 Å². The van der Waals surface area contributed by atoms with Crippen molar-refractivity contribution >= 4 is 34.3 Å². The number of benzene rings is 3. The largest absolute Gasteiger partial charge is 0.490 e. The van der Waals surface area contributed by atoms with E-state index in [1.165, 1.54) is 0 Å². The standard InChI is InChI=1S/C24H20ClN3O4/c1-28-8-9-31-22-11-15(4-7-21(22)28)17-12-19-20(13-18(17)25)27-24(26-19)32-16-5-2-14(3-6-16)10-23(29)30/h2-7,11-13H,8-10H2,1H3,(H,26,27)(H,29,30). The number of hydrogen-bond acceptors (Lipinski definition) is 5. The summed E-state index contributed by atoms with van der Waals surface area (Å²) >= 11 is 6.59. The van der Waals surface area contributed by atoms with Crippen LogP contribution in [0.4, 0.5) is 5.69 Å². The van der Waals surface area contributed by atoms with Gasteiger partial charge in [-0.2, -0.15) is 4.98 Å². The van der Waals surface area contributed by atoms with Crippen LogP contribution in [-0.4, -0.2) is 41.2 Å². The van der Waals surface area contributed by atoms with Crippen LogP contribution in [0.25, 0.3) is 22.2 Å². The number of H-pyrrole nitrogens is 1. The van der Waals surface area contributed by atoms with Gasteiger partial charge in [-0.25, -0.2) is 0 Å². The highest BCUT2D eigenvalue weighted by Crippen LogP contribution is 2.38. The maximum absolute atomic E-state index is 10.8. The van der Waals surface area contributed by atoms with Gasteiger partial charge in [0.05, 0.1) is 34.7 Å². The van der Waals surface area contributed by atoms with Crippen LogP contribution >= 0.6 is 11.6 Å². The van der Waals surface area contributed by atoms with Crippen molar-refractivity contribution in [2.24, 2.45) is 0 Å². The van der Waals surface area contributed by atoms with E-state index in [4.69, 9.17) is 26.2 Å². The number of aromatic nitrogens is 2. The molecule has 5 rings (SSSR count). The van der Waals surface area contributed by atoms with Crippen LogP contribution in [0.2, 0.25) is 5.02 Å². The predicted octanol–water partition coefficient (Wildman–Crippen LogP) is 5.13. The lowest BCUT2D eigenvalue weighted by atomic mass is 10.0. The predicted molar refractivity (Wildman–Crippen MR) is 123 cm³/mol. The molecule has 7 nitrogen and oxygen atoms in total. The number of aromatic amines is 1. The van der Waals surface area contributed by atoms with Gasteiger partial charge in [0, 0.05) is 12.6 Å². The van der Waals surface area contributed by atoms with E-state index >= 15 is 0 Å². The molecule has 2 heterocycles. The molecule has 1 aliphatic heterocycles. The highest BCUT2D eigenvalue weighted by molar-refractivity contribution is 6.34. The molecule has 32 heavy (non-hydrogen) atoms. The number of rotatable bonds is 5. The van der Waals surface area contributed by atoms with Gasteiger partial charge in [-0.15, -0.1) is 0 Å². The first-order chi connectivity index (χ1) is 15.5. The Morgan fingerprint density at radius 2 is 2.03 bits per heavy atom. The van der Waals surface area contributed by atoms with Gasteiger partial charge in [0.1, 0.15) is 18.1 Å². The van der Waals surface area contributed by atoms with Gasteiger partial charge in [0.25, 0.3) is 6.01 Å². The topological polar surface area (TPSA) is 87.7 Å². The molecule has 0 radical (unpaired) electrons. The lowest BCUT2D eigenvalue weighted by Crippen LogP contribution is -2.28. The van der Waals surface area contributed by atoms with Crippen molar-refractivity contribution < 1.29 is 19.4 Å². The van der Waals surface area contributed by atoms with Gasteiger partial charge in [-0.05, 0) is 47.5 Å². The Bertz CT molecular complexity index is 1320. The van der Waals surface area contributed by atoms with Crippen molar-refractivity contribution in [3.8, 4) is 28.6 Å². The second-order valence-corrected chi connectivity index (χ2v) is 8.07. The lowest BCUT2D eigenvalue weighted by Gasteiger charge is -2.28. The molecule has 0 amide bonds. The van der Waals surface area contributed by atoms with Crippen LogP contribution in [-0.2, 0) is 11.2 Å². The number of likely N-dealkylation sites (N-methyl/N-ethyl adjacent to an activating group) is 1. The summed E-state index contributed by atoms with van der Waals surface area (Å²) in [6.07, 6.45) is -0.0315. The average Bonchev–Trinajstić information content (AvgIpc) is 3.15. The summed E-state index contributed by atoms with van der Waals surface area (Å²) in [7, 11) is 2.05. The van der Waals surface area contributed by atoms with Crippen LogP contribution in [0.5, 0.6) is 17.5 Å². The Kier molecular flexibility index (Phi) is 5.11. The van der Waals surface area contributed by atoms with Crippen molar-refractivity contribution in [3.63, 3.8) is 0 Å². The second kappa shape index (κ2) is 8.09. The molecule has 8 heteroatoms. The second-order valence-electron chi connectivity index (χ2n) is 7.66. The van der Waals surface area contributed by atoms with Gasteiger partial charge in [-0.1, -0.05) is 29.8 Å². The van der Waals surface area contributed by atoms with Crippen molar-refractivity contribution in [2.45, 2.75) is 6.42 Å². The van der Waals surface area contributed by atoms with E-state index in [0.717, 1.165) is 40.1 Å². The third-order valence-electron chi connectivity index (χ3n) is 5.41. The Hall–Kier alpha value is -3.71. The van der Waals surface area contributed by atoms with E-state index in [0.29, 0.717) is 29.0 Å². The number of carbonyl (C=O) groups is 1. The number of imidazole rings is 1. The van der Waals surface area contributed by atoms with Gasteiger partial charge in [0.2, 0.25) is 0 Å². The third-order valence-corrected chi connectivity index (χ3v) is 5.72. The van der Waals surface area contributed by atoms with Gasteiger partial charge in [-0.3, -0.25) is 4.79 Å². The molecule has 162 valence electrons. The number of carboxylic acids is 1. The molecule has 1 aliphatic rings. The molecule has 1 aromatic heterocycles. The van der Waals surface area contributed by atoms with Crippen LogP contribution < -0.4 is 14.4 Å². The molecule has 0 saturated heterocycles. The Balaban J connectivity index is 1.43. The van der Waals surface area contributed by atoms with E-state index in [1.807, 2.05) is 37.4 Å². The number of halogens is 1. The number of fused-ring (bicyclic) bond motifs is 2. The molecular formula is C24H20ClN3O4. The summed E-state index contributed by atoms with van der Waals surface area (Å²) < 4.78 is 11.6. The van der Waals surface area contributed by atoms with E-state index in [9.17, 15) is 4.79 Å². The van der Waals surface area contributed by atoms with E-state index in [1.54, 1.807) is 24.3 Å². The molecule has 0 unspecified atom stereocenters. The number of ether oxygens (including phenoxy) is 2. The summed E-state index contributed by atoms with van der Waals surface area (Å²) in [6, 6.07) is 17.0. The summed E-state index contributed by atoms with van der Waals surface area (Å²) in [4.78, 5) is 20.6. The minimum absolute atomic E-state index is 0.0315. The van der Waals surface area contributed by atoms with Crippen LogP contribution in [0.3, 0.4) is 0 Å². The fourth-order valence-electron chi connectivity index (χ4n) is 3.76. The quantitative estimate of drug-likeness (QED) is 0.439. The van der Waals surface area contributed by atoms with Crippen LogP contribution in [0.15, 0.2) is 54.6 Å². The molecule has 2 N–H and O–H groups in total. The average molecular weight is 450 g/mol. The number of carboxylic acid groups (broad SMARTS) is 1. The molecule has 0 atom stereocenters. The minimum atomic E-state index is -0.874. The molecule has 0 aliphatic carbocycles. The molecular weight excluding hydrogens is 430 g/mol. The lowest BCUT2D eigenvalue weighted by molar-refractivity contribution is -0.136. The fourth-order valence-corrected chi connectivity index (χ4v) is 4.04. The molecule has 3 aromatic carbocycles. The number of anilines is 1. The maximum atomic E-state index is 10.8. The van der Waals surface area contributed by atoms with Crippen LogP contribution in [0, 0.1) is 0 Å². The Morgan fingerprint density at radius 3 is 2.81 bits per heavy atom. The zero-order valence-electron chi connectivity index (χ0n) is 17.3. The monoisotopic (exact) mass is 449 g/mol. The minimum Gasteiger partial charge on any atom is -0.490 e.